The Kier molecular flexibility index (Phi) is 9.74. The van der Waals surface area contributed by atoms with Crippen LogP contribution in [-0.4, -0.2) is 53.1 Å². The number of ether oxygens (including phenoxy) is 2. The highest BCUT2D eigenvalue weighted by atomic mass is 16.6. The minimum absolute atomic E-state index is 0.0357. The summed E-state index contributed by atoms with van der Waals surface area (Å²) in [6.45, 7) is 9.31. The van der Waals surface area contributed by atoms with E-state index in [9.17, 15) is 19.2 Å². The van der Waals surface area contributed by atoms with Crippen LogP contribution in [-0.2, 0) is 19.1 Å². The molecule has 1 saturated heterocycles. The number of esters is 1. The maximum absolute atomic E-state index is 14.6. The van der Waals surface area contributed by atoms with Gasteiger partial charge < -0.3 is 29.8 Å². The highest BCUT2D eigenvalue weighted by Gasteiger charge is 2.51. The summed E-state index contributed by atoms with van der Waals surface area (Å²) >= 11 is 0. The van der Waals surface area contributed by atoms with E-state index in [1.54, 1.807) is 17.9 Å². The quantitative estimate of drug-likeness (QED) is 0.280. The predicted octanol–water partition coefficient (Wildman–Crippen LogP) is 6.24. The summed E-state index contributed by atoms with van der Waals surface area (Å²) in [7, 11) is 0. The minimum Gasteiger partial charge on any atom is -0.460 e. The number of nitrogens with zero attached hydrogens (tertiary/aromatic N) is 1. The lowest BCUT2D eigenvalue weighted by atomic mass is 9.78. The number of benzene rings is 2. The first-order valence-corrected chi connectivity index (χ1v) is 16.2. The van der Waals surface area contributed by atoms with Gasteiger partial charge in [-0.15, -0.1) is 0 Å². The lowest BCUT2D eigenvalue weighted by molar-refractivity contribution is -0.144. The Labute approximate surface area is 270 Å². The summed E-state index contributed by atoms with van der Waals surface area (Å²) in [6, 6.07) is 15.2. The van der Waals surface area contributed by atoms with Crippen molar-refractivity contribution in [1.29, 1.82) is 0 Å². The fourth-order valence-electron chi connectivity index (χ4n) is 7.21. The van der Waals surface area contributed by atoms with E-state index < -0.39 is 35.7 Å². The predicted molar refractivity (Wildman–Crippen MR) is 173 cm³/mol. The van der Waals surface area contributed by atoms with Gasteiger partial charge in [-0.3, -0.25) is 9.59 Å². The van der Waals surface area contributed by atoms with Crippen molar-refractivity contribution in [3.63, 3.8) is 0 Å². The number of alkyl carbamates (subject to hydrolysis) is 1. The Morgan fingerprint density at radius 3 is 2.28 bits per heavy atom. The van der Waals surface area contributed by atoms with Crippen molar-refractivity contribution in [2.75, 3.05) is 6.61 Å². The van der Waals surface area contributed by atoms with Gasteiger partial charge in [0.2, 0.25) is 17.6 Å². The molecule has 0 radical (unpaired) electrons. The second-order valence-corrected chi connectivity index (χ2v) is 13.5. The molecule has 3 amide bonds. The number of furan rings is 1. The molecule has 1 saturated carbocycles. The van der Waals surface area contributed by atoms with Crippen molar-refractivity contribution in [3.05, 3.63) is 71.5 Å². The third-order valence-corrected chi connectivity index (χ3v) is 9.27. The van der Waals surface area contributed by atoms with E-state index in [1.807, 2.05) is 76.2 Å². The molecule has 246 valence electrons. The number of fused-ring (bicyclic) bond motifs is 1. The van der Waals surface area contributed by atoms with Crippen molar-refractivity contribution in [2.45, 2.75) is 96.4 Å². The van der Waals surface area contributed by atoms with Gasteiger partial charge in [0.15, 0.2) is 0 Å². The number of para-hydroxylation sites is 1. The largest absolute Gasteiger partial charge is 0.460 e. The average molecular weight is 632 g/mol. The average Bonchev–Trinajstić information content (AvgIpc) is 3.60. The van der Waals surface area contributed by atoms with Gasteiger partial charge in [-0.25, -0.2) is 9.59 Å². The zero-order valence-electron chi connectivity index (χ0n) is 27.3. The van der Waals surface area contributed by atoms with Gasteiger partial charge in [-0.05, 0) is 84.3 Å². The number of primary amides is 1. The third-order valence-electron chi connectivity index (χ3n) is 9.27. The maximum Gasteiger partial charge on any atom is 0.407 e. The minimum atomic E-state index is -0.922. The summed E-state index contributed by atoms with van der Waals surface area (Å²) < 4.78 is 16.9. The Morgan fingerprint density at radius 1 is 1.00 bits per heavy atom. The molecule has 46 heavy (non-hydrogen) atoms. The molecular formula is C36H45N3O7. The second kappa shape index (κ2) is 13.6. The fourth-order valence-corrected chi connectivity index (χ4v) is 7.21. The Balaban J connectivity index is 1.47. The summed E-state index contributed by atoms with van der Waals surface area (Å²) in [5, 5.41) is 3.64. The third kappa shape index (κ3) is 6.90. The number of carbonyl (C=O) groups is 4. The Morgan fingerprint density at radius 2 is 1.65 bits per heavy atom. The molecular weight excluding hydrogens is 586 g/mol. The van der Waals surface area contributed by atoms with E-state index in [1.165, 1.54) is 0 Å². The summed E-state index contributed by atoms with van der Waals surface area (Å²) in [5.74, 6) is -1.92. The molecule has 0 bridgehead atoms. The first kappa shape index (κ1) is 33.0. The zero-order chi connectivity index (χ0) is 33.2. The van der Waals surface area contributed by atoms with E-state index in [0.29, 0.717) is 35.8 Å². The van der Waals surface area contributed by atoms with Gasteiger partial charge in [-0.1, -0.05) is 48.5 Å². The van der Waals surface area contributed by atoms with Gasteiger partial charge in [0, 0.05) is 28.8 Å². The van der Waals surface area contributed by atoms with Gasteiger partial charge in [0.05, 0.1) is 12.6 Å². The number of nitrogens with one attached hydrogen (secondary N) is 1. The zero-order valence-corrected chi connectivity index (χ0v) is 27.3. The van der Waals surface area contributed by atoms with Crippen LogP contribution in [0.15, 0.2) is 59.0 Å². The summed E-state index contributed by atoms with van der Waals surface area (Å²) in [5.41, 5.74) is 7.44. The van der Waals surface area contributed by atoms with Crippen LogP contribution in [0.2, 0.25) is 0 Å². The van der Waals surface area contributed by atoms with Gasteiger partial charge in [-0.2, -0.15) is 0 Å². The molecule has 0 spiro atoms. The number of amides is 3. The van der Waals surface area contributed by atoms with Crippen molar-refractivity contribution in [3.8, 4) is 0 Å². The van der Waals surface area contributed by atoms with Gasteiger partial charge in [0.25, 0.3) is 0 Å². The van der Waals surface area contributed by atoms with E-state index in [2.05, 4.69) is 5.32 Å². The lowest BCUT2D eigenvalue weighted by Gasteiger charge is -2.37. The highest BCUT2D eigenvalue weighted by molar-refractivity contribution is 5.98. The second-order valence-electron chi connectivity index (χ2n) is 13.5. The molecule has 10 nitrogen and oxygen atoms in total. The van der Waals surface area contributed by atoms with Crippen LogP contribution in [0.4, 0.5) is 4.79 Å². The van der Waals surface area contributed by atoms with Crippen LogP contribution in [0.1, 0.15) is 100 Å². The van der Waals surface area contributed by atoms with Crippen molar-refractivity contribution in [2.24, 2.45) is 17.6 Å². The summed E-state index contributed by atoms with van der Waals surface area (Å²) in [6.07, 6.45) is 2.54. The lowest BCUT2D eigenvalue weighted by Crippen LogP contribution is -2.50. The standard InChI is InChI=1S/C36H45N3O7/c1-6-44-34(42)31-29(25-14-10-11-15-28(25)45-31)27-20-26(23-12-8-7-9-13-23)30(32(37)40)39(27)33(41)24-18-16-22(17-19-24)21(2)38-35(43)46-36(3,4)5/h7-15,21-22,24,26-27,30H,6,16-20H2,1-5H3,(H2,37,40)(H,38,43)/t21?,22?,24?,26-,27?,30+/m1/s1. The highest BCUT2D eigenvalue weighted by Crippen LogP contribution is 2.50. The molecule has 1 aliphatic carbocycles. The normalized spacial score (nSPS) is 23.9. The van der Waals surface area contributed by atoms with Crippen LogP contribution in [0.25, 0.3) is 11.0 Å². The number of hydrogen-bond acceptors (Lipinski definition) is 7. The van der Waals surface area contributed by atoms with Crippen LogP contribution >= 0.6 is 0 Å². The van der Waals surface area contributed by atoms with Gasteiger partial charge in [0.1, 0.15) is 17.2 Å². The number of rotatable bonds is 8. The number of likely N-dealkylation sites (tertiary alicyclic amines) is 1. The first-order valence-electron chi connectivity index (χ1n) is 16.2. The van der Waals surface area contributed by atoms with E-state index in [0.717, 1.165) is 18.4 Å². The molecule has 3 aromatic rings. The number of nitrogens with two attached hydrogens (primary N) is 1. The van der Waals surface area contributed by atoms with Crippen LogP contribution in [0.5, 0.6) is 0 Å². The van der Waals surface area contributed by atoms with Crippen molar-refractivity contribution < 1.29 is 33.1 Å². The Hall–Kier alpha value is -4.34. The van der Waals surface area contributed by atoms with Crippen LogP contribution in [0.3, 0.4) is 0 Å². The van der Waals surface area contributed by atoms with Crippen LogP contribution < -0.4 is 11.1 Å². The molecule has 3 N–H and O–H groups in total. The molecule has 2 fully saturated rings. The molecule has 2 unspecified atom stereocenters. The molecule has 4 atom stereocenters. The molecule has 1 aliphatic heterocycles. The molecule has 1 aromatic heterocycles. The number of hydrogen-bond donors (Lipinski definition) is 2. The van der Waals surface area contributed by atoms with E-state index >= 15 is 0 Å². The SMILES string of the molecule is CCOC(=O)c1oc2ccccc2c1C1C[C@H](c2ccccc2)[C@@H](C(N)=O)N1C(=O)C1CCC(C(C)NC(=O)OC(C)(C)C)CC1. The molecule has 2 heterocycles. The Bertz CT molecular complexity index is 1570. The van der Waals surface area contributed by atoms with Crippen molar-refractivity contribution >= 4 is 34.8 Å². The topological polar surface area (TPSA) is 141 Å². The molecule has 10 heteroatoms. The molecule has 2 aromatic carbocycles. The molecule has 5 rings (SSSR count). The van der Waals surface area contributed by atoms with E-state index in [-0.39, 0.29) is 42.1 Å². The maximum atomic E-state index is 14.6. The summed E-state index contributed by atoms with van der Waals surface area (Å²) in [4.78, 5) is 55.2. The van der Waals surface area contributed by atoms with Crippen molar-refractivity contribution in [1.82, 2.24) is 10.2 Å². The number of carbonyl (C=O) groups excluding carboxylic acids is 4. The van der Waals surface area contributed by atoms with E-state index in [4.69, 9.17) is 19.6 Å². The van der Waals surface area contributed by atoms with Crippen LogP contribution in [0, 0.1) is 11.8 Å². The fraction of sp³-hybridized carbons (Fsp3) is 0.500. The van der Waals surface area contributed by atoms with Gasteiger partial charge >= 0.3 is 12.1 Å². The molecule has 2 aliphatic rings. The smallest absolute Gasteiger partial charge is 0.407 e. The monoisotopic (exact) mass is 631 g/mol. The first-order chi connectivity index (χ1) is 21.9.